The SMILES string of the molecule is COc1cc(OC(C)C)c(C#N)cc1C(=O)O. The molecule has 0 atom stereocenters. The van der Waals surface area contributed by atoms with Crippen molar-refractivity contribution in [2.24, 2.45) is 0 Å². The Bertz CT molecular complexity index is 474. The van der Waals surface area contributed by atoms with E-state index >= 15 is 0 Å². The largest absolute Gasteiger partial charge is 0.496 e. The fourth-order valence-electron chi connectivity index (χ4n) is 1.34. The summed E-state index contributed by atoms with van der Waals surface area (Å²) in [5.41, 5.74) is 0.122. The highest BCUT2D eigenvalue weighted by Crippen LogP contribution is 2.29. The standard InChI is InChI=1S/C12H13NO4/c1-7(2)17-10-5-11(16-3)9(12(14)15)4-8(10)6-13/h4-5,7H,1-3H3,(H,14,15). The lowest BCUT2D eigenvalue weighted by molar-refractivity contribution is 0.0693. The molecule has 0 saturated carbocycles. The van der Waals surface area contributed by atoms with Crippen LogP contribution >= 0.6 is 0 Å². The number of aromatic carboxylic acids is 1. The number of carboxylic acid groups (broad SMARTS) is 1. The van der Waals surface area contributed by atoms with Gasteiger partial charge in [0, 0.05) is 6.07 Å². The van der Waals surface area contributed by atoms with Gasteiger partial charge in [-0.05, 0) is 19.9 Å². The topological polar surface area (TPSA) is 79.5 Å². The van der Waals surface area contributed by atoms with E-state index in [1.165, 1.54) is 19.2 Å². The van der Waals surface area contributed by atoms with Crippen molar-refractivity contribution < 1.29 is 19.4 Å². The number of carbonyl (C=O) groups is 1. The maximum absolute atomic E-state index is 11.0. The summed E-state index contributed by atoms with van der Waals surface area (Å²) in [6.45, 7) is 3.64. The van der Waals surface area contributed by atoms with E-state index in [4.69, 9.17) is 19.8 Å². The molecular formula is C12H13NO4. The van der Waals surface area contributed by atoms with Gasteiger partial charge in [-0.3, -0.25) is 0 Å². The first-order valence-corrected chi connectivity index (χ1v) is 5.01. The van der Waals surface area contributed by atoms with Gasteiger partial charge >= 0.3 is 5.97 Å². The van der Waals surface area contributed by atoms with Gasteiger partial charge in [0.2, 0.25) is 0 Å². The van der Waals surface area contributed by atoms with Crippen LogP contribution in [0.3, 0.4) is 0 Å². The number of hydrogen-bond acceptors (Lipinski definition) is 4. The third-order valence-electron chi connectivity index (χ3n) is 2.02. The molecule has 0 radical (unpaired) electrons. The molecule has 0 fully saturated rings. The molecule has 5 nitrogen and oxygen atoms in total. The Balaban J connectivity index is 3.34. The highest BCUT2D eigenvalue weighted by atomic mass is 16.5. The predicted molar refractivity (Wildman–Crippen MR) is 60.4 cm³/mol. The van der Waals surface area contributed by atoms with Crippen LogP contribution in [0.5, 0.6) is 11.5 Å². The number of carboxylic acids is 1. The maximum Gasteiger partial charge on any atom is 0.339 e. The van der Waals surface area contributed by atoms with E-state index in [-0.39, 0.29) is 23.0 Å². The van der Waals surface area contributed by atoms with Crippen LogP contribution in [0.25, 0.3) is 0 Å². The maximum atomic E-state index is 11.0. The summed E-state index contributed by atoms with van der Waals surface area (Å²) < 4.78 is 10.4. The first kappa shape index (κ1) is 12.8. The minimum absolute atomic E-state index is 0.0554. The van der Waals surface area contributed by atoms with E-state index in [0.717, 1.165) is 0 Å². The van der Waals surface area contributed by atoms with Crippen molar-refractivity contribution >= 4 is 5.97 Å². The Morgan fingerprint density at radius 3 is 2.47 bits per heavy atom. The number of methoxy groups -OCH3 is 1. The van der Waals surface area contributed by atoms with Gasteiger partial charge < -0.3 is 14.6 Å². The molecule has 1 rings (SSSR count). The minimum Gasteiger partial charge on any atom is -0.496 e. The lowest BCUT2D eigenvalue weighted by Crippen LogP contribution is -2.09. The number of nitriles is 1. The molecule has 1 aromatic carbocycles. The van der Waals surface area contributed by atoms with Crippen LogP contribution < -0.4 is 9.47 Å². The molecule has 0 saturated heterocycles. The zero-order valence-electron chi connectivity index (χ0n) is 9.85. The van der Waals surface area contributed by atoms with Gasteiger partial charge in [-0.1, -0.05) is 0 Å². The summed E-state index contributed by atoms with van der Waals surface area (Å²) in [6, 6.07) is 4.57. The van der Waals surface area contributed by atoms with Crippen molar-refractivity contribution in [1.82, 2.24) is 0 Å². The number of nitrogens with zero attached hydrogens (tertiary/aromatic N) is 1. The highest BCUT2D eigenvalue weighted by Gasteiger charge is 2.17. The van der Waals surface area contributed by atoms with Crippen molar-refractivity contribution in [3.63, 3.8) is 0 Å². The molecular weight excluding hydrogens is 222 g/mol. The fraction of sp³-hybridized carbons (Fsp3) is 0.333. The summed E-state index contributed by atoms with van der Waals surface area (Å²) in [4.78, 5) is 11.0. The van der Waals surface area contributed by atoms with Crippen molar-refractivity contribution in [1.29, 1.82) is 5.26 Å². The molecule has 0 aliphatic rings. The molecule has 5 heteroatoms. The van der Waals surface area contributed by atoms with Crippen molar-refractivity contribution in [3.05, 3.63) is 23.3 Å². The quantitative estimate of drug-likeness (QED) is 0.863. The van der Waals surface area contributed by atoms with E-state index in [1.54, 1.807) is 0 Å². The highest BCUT2D eigenvalue weighted by molar-refractivity contribution is 5.91. The number of benzene rings is 1. The van der Waals surface area contributed by atoms with Gasteiger partial charge in [0.1, 0.15) is 23.1 Å². The van der Waals surface area contributed by atoms with Gasteiger partial charge in [-0.15, -0.1) is 0 Å². The third kappa shape index (κ3) is 2.88. The number of rotatable bonds is 4. The van der Waals surface area contributed by atoms with E-state index in [1.807, 2.05) is 19.9 Å². The summed E-state index contributed by atoms with van der Waals surface area (Å²) in [7, 11) is 1.37. The first-order valence-electron chi connectivity index (χ1n) is 5.01. The molecule has 0 aliphatic carbocycles. The zero-order valence-corrected chi connectivity index (χ0v) is 9.85. The van der Waals surface area contributed by atoms with Crippen LogP contribution in [-0.2, 0) is 0 Å². The van der Waals surface area contributed by atoms with Crippen LogP contribution in [-0.4, -0.2) is 24.3 Å². The third-order valence-corrected chi connectivity index (χ3v) is 2.02. The molecule has 90 valence electrons. The van der Waals surface area contributed by atoms with Gasteiger partial charge in [0.15, 0.2) is 0 Å². The summed E-state index contributed by atoms with van der Waals surface area (Å²) >= 11 is 0. The molecule has 0 bridgehead atoms. The average molecular weight is 235 g/mol. The number of ether oxygens (including phenoxy) is 2. The van der Waals surface area contributed by atoms with E-state index < -0.39 is 5.97 Å². The van der Waals surface area contributed by atoms with Crippen LogP contribution in [0.15, 0.2) is 12.1 Å². The first-order chi connectivity index (χ1) is 7.99. The molecule has 0 unspecified atom stereocenters. The Labute approximate surface area is 99.2 Å². The van der Waals surface area contributed by atoms with Gasteiger partial charge in [-0.2, -0.15) is 5.26 Å². The predicted octanol–water partition coefficient (Wildman–Crippen LogP) is 2.05. The van der Waals surface area contributed by atoms with Crippen molar-refractivity contribution in [2.75, 3.05) is 7.11 Å². The van der Waals surface area contributed by atoms with Crippen LogP contribution in [0.1, 0.15) is 29.8 Å². The summed E-state index contributed by atoms with van der Waals surface area (Å²) in [5, 5.41) is 17.9. The van der Waals surface area contributed by atoms with E-state index in [9.17, 15) is 4.79 Å². The van der Waals surface area contributed by atoms with E-state index in [0.29, 0.717) is 5.75 Å². The van der Waals surface area contributed by atoms with Crippen LogP contribution in [0, 0.1) is 11.3 Å². The van der Waals surface area contributed by atoms with Gasteiger partial charge in [-0.25, -0.2) is 4.79 Å². The zero-order chi connectivity index (χ0) is 13.0. The molecule has 1 aromatic rings. The van der Waals surface area contributed by atoms with E-state index in [2.05, 4.69) is 0 Å². The second kappa shape index (κ2) is 5.21. The molecule has 0 heterocycles. The lowest BCUT2D eigenvalue weighted by atomic mass is 10.1. The fourth-order valence-corrected chi connectivity index (χ4v) is 1.34. The minimum atomic E-state index is -1.14. The monoisotopic (exact) mass is 235 g/mol. The Morgan fingerprint density at radius 2 is 2.06 bits per heavy atom. The molecule has 1 N–H and O–H groups in total. The second-order valence-corrected chi connectivity index (χ2v) is 3.63. The van der Waals surface area contributed by atoms with Crippen LogP contribution in [0.4, 0.5) is 0 Å². The normalized spacial score (nSPS) is 9.82. The lowest BCUT2D eigenvalue weighted by Gasteiger charge is -2.13. The number of hydrogen-bond donors (Lipinski definition) is 1. The summed E-state index contributed by atoms with van der Waals surface area (Å²) in [5.74, 6) is -0.647. The average Bonchev–Trinajstić information content (AvgIpc) is 2.27. The Morgan fingerprint density at radius 1 is 1.41 bits per heavy atom. The smallest absolute Gasteiger partial charge is 0.339 e. The molecule has 0 spiro atoms. The van der Waals surface area contributed by atoms with Crippen molar-refractivity contribution in [3.8, 4) is 17.6 Å². The molecule has 0 aliphatic heterocycles. The Kier molecular flexibility index (Phi) is 3.94. The molecule has 0 amide bonds. The van der Waals surface area contributed by atoms with Crippen molar-refractivity contribution in [2.45, 2.75) is 20.0 Å². The summed E-state index contributed by atoms with van der Waals surface area (Å²) in [6.07, 6.45) is -0.109. The molecule has 0 aromatic heterocycles. The van der Waals surface area contributed by atoms with Gasteiger partial charge in [0.25, 0.3) is 0 Å². The van der Waals surface area contributed by atoms with Crippen LogP contribution in [0.2, 0.25) is 0 Å². The molecule has 17 heavy (non-hydrogen) atoms. The second-order valence-electron chi connectivity index (χ2n) is 3.63. The van der Waals surface area contributed by atoms with Gasteiger partial charge in [0.05, 0.1) is 18.8 Å². The Hall–Kier alpha value is -2.22.